The highest BCUT2D eigenvalue weighted by molar-refractivity contribution is 7.90. The summed E-state index contributed by atoms with van der Waals surface area (Å²) in [5.41, 5.74) is -5.23. The van der Waals surface area contributed by atoms with Crippen molar-refractivity contribution in [3.05, 3.63) is 0 Å². The van der Waals surface area contributed by atoms with Gasteiger partial charge in [0.2, 0.25) is 0 Å². The zero-order valence-electron chi connectivity index (χ0n) is 16.2. The summed E-state index contributed by atoms with van der Waals surface area (Å²) >= 11 is 0. The molecule has 11 heteroatoms. The van der Waals surface area contributed by atoms with Gasteiger partial charge in [-0.05, 0) is 31.1 Å². The number of nitrogens with zero attached hydrogens (tertiary/aromatic N) is 2. The highest BCUT2D eigenvalue weighted by Crippen LogP contribution is 2.30. The number of rotatable bonds is 9. The Labute approximate surface area is 159 Å². The molecule has 0 bridgehead atoms. The molecule has 1 rings (SSSR count). The molecule has 1 aliphatic heterocycles. The van der Waals surface area contributed by atoms with E-state index in [0.717, 1.165) is 13.0 Å². The van der Waals surface area contributed by atoms with Gasteiger partial charge in [-0.2, -0.15) is 17.5 Å². The number of aliphatic imine (C=N–C) groups is 1. The number of sulfonamides is 1. The minimum atomic E-state index is -5.23. The minimum absolute atomic E-state index is 0.0950. The van der Waals surface area contributed by atoms with Crippen LogP contribution in [-0.4, -0.2) is 70.6 Å². The molecule has 1 saturated heterocycles. The number of alkyl halides is 3. The van der Waals surface area contributed by atoms with E-state index in [1.54, 1.807) is 7.05 Å². The van der Waals surface area contributed by atoms with E-state index >= 15 is 0 Å². The second-order valence-electron chi connectivity index (χ2n) is 7.00. The van der Waals surface area contributed by atoms with Crippen LogP contribution in [0.2, 0.25) is 0 Å². The van der Waals surface area contributed by atoms with Gasteiger partial charge < -0.3 is 15.4 Å². The SMILES string of the molecule is CN=C(NCCCOCC(C)C)NCC1CCN(S(=O)(=O)C(F)(F)F)CC1. The monoisotopic (exact) mass is 416 g/mol. The van der Waals surface area contributed by atoms with E-state index in [1.165, 1.54) is 0 Å². The first-order chi connectivity index (χ1) is 12.6. The van der Waals surface area contributed by atoms with Crippen molar-refractivity contribution < 1.29 is 26.3 Å². The van der Waals surface area contributed by atoms with Crippen molar-refractivity contribution >= 4 is 16.0 Å². The van der Waals surface area contributed by atoms with Gasteiger partial charge in [-0.25, -0.2) is 8.42 Å². The lowest BCUT2D eigenvalue weighted by Crippen LogP contribution is -2.47. The molecular weight excluding hydrogens is 385 g/mol. The third kappa shape index (κ3) is 8.22. The second kappa shape index (κ2) is 11.1. The summed E-state index contributed by atoms with van der Waals surface area (Å²) in [4.78, 5) is 4.10. The largest absolute Gasteiger partial charge is 0.511 e. The molecule has 0 aliphatic carbocycles. The molecule has 0 amide bonds. The lowest BCUT2D eigenvalue weighted by atomic mass is 9.98. The number of hydrogen-bond donors (Lipinski definition) is 2. The standard InChI is InChI=1S/C16H31F3N4O3S/c1-13(2)12-26-10-4-7-21-15(20-3)22-11-14-5-8-23(9-6-14)27(24,25)16(17,18)19/h13-14H,4-12H2,1-3H3,(H2,20,21,22). The summed E-state index contributed by atoms with van der Waals surface area (Å²) in [5.74, 6) is 1.21. The van der Waals surface area contributed by atoms with Gasteiger partial charge in [0.1, 0.15) is 0 Å². The van der Waals surface area contributed by atoms with Gasteiger partial charge in [-0.3, -0.25) is 4.99 Å². The van der Waals surface area contributed by atoms with Crippen LogP contribution in [0.5, 0.6) is 0 Å². The molecule has 0 atom stereocenters. The molecule has 0 saturated carbocycles. The van der Waals surface area contributed by atoms with Crippen molar-refractivity contribution in [3.8, 4) is 0 Å². The maximum absolute atomic E-state index is 12.6. The molecule has 2 N–H and O–H groups in total. The number of piperidine rings is 1. The van der Waals surface area contributed by atoms with Gasteiger partial charge in [-0.15, -0.1) is 0 Å². The Morgan fingerprint density at radius 1 is 1.26 bits per heavy atom. The van der Waals surface area contributed by atoms with E-state index in [2.05, 4.69) is 29.5 Å². The molecule has 0 unspecified atom stereocenters. The number of ether oxygens (including phenoxy) is 1. The summed E-state index contributed by atoms with van der Waals surface area (Å²) in [6, 6.07) is 0. The lowest BCUT2D eigenvalue weighted by Gasteiger charge is -2.31. The smallest absolute Gasteiger partial charge is 0.381 e. The van der Waals surface area contributed by atoms with E-state index in [9.17, 15) is 21.6 Å². The molecule has 1 fully saturated rings. The Morgan fingerprint density at radius 2 is 1.89 bits per heavy atom. The second-order valence-corrected chi connectivity index (χ2v) is 8.92. The highest BCUT2D eigenvalue weighted by Gasteiger charge is 2.50. The van der Waals surface area contributed by atoms with E-state index in [-0.39, 0.29) is 19.0 Å². The van der Waals surface area contributed by atoms with Gasteiger partial charge >= 0.3 is 15.5 Å². The van der Waals surface area contributed by atoms with Crippen LogP contribution < -0.4 is 10.6 Å². The van der Waals surface area contributed by atoms with Crippen molar-refractivity contribution in [1.29, 1.82) is 0 Å². The summed E-state index contributed by atoms with van der Waals surface area (Å²) in [6.07, 6.45) is 1.59. The Bertz CT molecular complexity index is 560. The molecule has 0 aromatic carbocycles. The Hall–Kier alpha value is -1.07. The molecule has 0 aromatic heterocycles. The van der Waals surface area contributed by atoms with Crippen LogP contribution in [0.25, 0.3) is 0 Å². The van der Waals surface area contributed by atoms with Gasteiger partial charge in [0.15, 0.2) is 5.96 Å². The zero-order chi connectivity index (χ0) is 20.5. The molecular formula is C16H31F3N4O3S. The van der Waals surface area contributed by atoms with Crippen molar-refractivity contribution in [2.45, 2.75) is 38.6 Å². The van der Waals surface area contributed by atoms with E-state index in [4.69, 9.17) is 4.74 Å². The van der Waals surface area contributed by atoms with Gasteiger partial charge in [-0.1, -0.05) is 13.8 Å². The topological polar surface area (TPSA) is 83.0 Å². The van der Waals surface area contributed by atoms with Crippen LogP contribution in [0, 0.1) is 11.8 Å². The van der Waals surface area contributed by atoms with Crippen molar-refractivity contribution in [2.24, 2.45) is 16.8 Å². The molecule has 1 heterocycles. The molecule has 1 aliphatic rings. The quantitative estimate of drug-likeness (QED) is 0.340. The number of guanidine groups is 1. The molecule has 0 spiro atoms. The molecule has 0 aromatic rings. The average Bonchev–Trinajstić information content (AvgIpc) is 2.59. The van der Waals surface area contributed by atoms with Crippen molar-refractivity contribution in [1.82, 2.24) is 14.9 Å². The first-order valence-electron chi connectivity index (χ1n) is 9.16. The van der Waals surface area contributed by atoms with Gasteiger partial charge in [0.05, 0.1) is 0 Å². The van der Waals surface area contributed by atoms with E-state index < -0.39 is 15.5 Å². The summed E-state index contributed by atoms with van der Waals surface area (Å²) < 4.78 is 66.5. The number of nitrogens with one attached hydrogen (secondary N) is 2. The van der Waals surface area contributed by atoms with Crippen LogP contribution in [0.15, 0.2) is 4.99 Å². The maximum Gasteiger partial charge on any atom is 0.511 e. The highest BCUT2D eigenvalue weighted by atomic mass is 32.2. The minimum Gasteiger partial charge on any atom is -0.381 e. The fourth-order valence-electron chi connectivity index (χ4n) is 2.66. The van der Waals surface area contributed by atoms with Crippen LogP contribution in [0.1, 0.15) is 33.1 Å². The number of hydrogen-bond acceptors (Lipinski definition) is 4. The lowest BCUT2D eigenvalue weighted by molar-refractivity contribution is -0.0496. The van der Waals surface area contributed by atoms with Crippen LogP contribution >= 0.6 is 0 Å². The molecule has 0 radical (unpaired) electrons. The van der Waals surface area contributed by atoms with Crippen molar-refractivity contribution in [3.63, 3.8) is 0 Å². The average molecular weight is 417 g/mol. The Morgan fingerprint density at radius 3 is 2.41 bits per heavy atom. The Kier molecular flexibility index (Phi) is 9.82. The van der Waals surface area contributed by atoms with Crippen LogP contribution in [0.3, 0.4) is 0 Å². The maximum atomic E-state index is 12.6. The first kappa shape index (κ1) is 24.0. The summed E-state index contributed by atoms with van der Waals surface area (Å²) in [6.45, 7) is 6.56. The molecule has 7 nitrogen and oxygen atoms in total. The predicted octanol–water partition coefficient (Wildman–Crippen LogP) is 1.78. The predicted molar refractivity (Wildman–Crippen MR) is 98.9 cm³/mol. The van der Waals surface area contributed by atoms with Crippen molar-refractivity contribution in [2.75, 3.05) is 46.4 Å². The molecule has 160 valence electrons. The van der Waals surface area contributed by atoms with Gasteiger partial charge in [0.25, 0.3) is 0 Å². The Balaban J connectivity index is 2.26. The van der Waals surface area contributed by atoms with Crippen LogP contribution in [-0.2, 0) is 14.8 Å². The first-order valence-corrected chi connectivity index (χ1v) is 10.6. The van der Waals surface area contributed by atoms with E-state index in [1.807, 2.05) is 0 Å². The third-order valence-corrected chi connectivity index (χ3v) is 5.83. The normalized spacial score (nSPS) is 18.1. The van der Waals surface area contributed by atoms with Crippen LogP contribution in [0.4, 0.5) is 13.2 Å². The number of halogens is 3. The fourth-order valence-corrected chi connectivity index (χ4v) is 3.65. The third-order valence-electron chi connectivity index (χ3n) is 4.20. The summed E-state index contributed by atoms with van der Waals surface area (Å²) in [5, 5.41) is 6.29. The zero-order valence-corrected chi connectivity index (χ0v) is 17.0. The summed E-state index contributed by atoms with van der Waals surface area (Å²) in [7, 11) is -3.58. The fraction of sp³-hybridized carbons (Fsp3) is 0.938. The van der Waals surface area contributed by atoms with Gasteiger partial charge in [0, 0.05) is 46.4 Å². The molecule has 27 heavy (non-hydrogen) atoms. The van der Waals surface area contributed by atoms with E-state index in [0.29, 0.717) is 48.7 Å².